The van der Waals surface area contributed by atoms with Gasteiger partial charge < -0.3 is 5.32 Å². The van der Waals surface area contributed by atoms with E-state index in [1.165, 1.54) is 12.4 Å². The predicted octanol–water partition coefficient (Wildman–Crippen LogP) is 1.55. The van der Waals surface area contributed by atoms with Gasteiger partial charge in [-0.15, -0.1) is 0 Å². The van der Waals surface area contributed by atoms with Crippen LogP contribution in [0.5, 0.6) is 0 Å². The van der Waals surface area contributed by atoms with E-state index in [-0.39, 0.29) is 11.4 Å². The fourth-order valence-corrected chi connectivity index (χ4v) is 1.97. The van der Waals surface area contributed by atoms with Gasteiger partial charge in [-0.05, 0) is 26.8 Å². The van der Waals surface area contributed by atoms with Crippen molar-refractivity contribution < 1.29 is 4.79 Å². The van der Waals surface area contributed by atoms with E-state index in [0.717, 1.165) is 11.0 Å². The summed E-state index contributed by atoms with van der Waals surface area (Å²) in [6.07, 6.45) is 4.59. The molecule has 0 atom stereocenters. The van der Waals surface area contributed by atoms with Gasteiger partial charge in [0.1, 0.15) is 12.1 Å². The molecule has 0 radical (unpaired) electrons. The van der Waals surface area contributed by atoms with Crippen molar-refractivity contribution in [3.8, 4) is 0 Å². The van der Waals surface area contributed by atoms with Crippen LogP contribution in [0, 0.1) is 0 Å². The second-order valence-electron chi connectivity index (χ2n) is 5.21. The summed E-state index contributed by atoms with van der Waals surface area (Å²) >= 11 is 0. The zero-order valence-corrected chi connectivity index (χ0v) is 10.4. The average molecular weight is 243 g/mol. The SMILES string of the molecule is CC(C)(C)n1nc2c3c(ncnc31)NC(=O)C=C2. The van der Waals surface area contributed by atoms with Gasteiger partial charge in [-0.3, -0.25) is 4.79 Å². The minimum absolute atomic E-state index is 0.181. The molecule has 1 amide bonds. The van der Waals surface area contributed by atoms with Crippen LogP contribution in [0.1, 0.15) is 26.5 Å². The summed E-state index contributed by atoms with van der Waals surface area (Å²) < 4.78 is 1.85. The van der Waals surface area contributed by atoms with Gasteiger partial charge in [0.2, 0.25) is 5.91 Å². The van der Waals surface area contributed by atoms with E-state index in [4.69, 9.17) is 0 Å². The lowest BCUT2D eigenvalue weighted by Gasteiger charge is -2.19. The lowest BCUT2D eigenvalue weighted by atomic mass is 10.1. The van der Waals surface area contributed by atoms with Crippen LogP contribution >= 0.6 is 0 Å². The normalized spacial score (nSPS) is 14.7. The molecule has 1 aliphatic rings. The van der Waals surface area contributed by atoms with Crippen molar-refractivity contribution in [1.29, 1.82) is 0 Å². The molecule has 0 unspecified atom stereocenters. The zero-order chi connectivity index (χ0) is 12.9. The van der Waals surface area contributed by atoms with Gasteiger partial charge in [0.25, 0.3) is 0 Å². The Balaban J connectivity index is 2.40. The molecule has 2 aromatic rings. The lowest BCUT2D eigenvalue weighted by molar-refractivity contribution is -0.111. The van der Waals surface area contributed by atoms with E-state index < -0.39 is 0 Å². The Morgan fingerprint density at radius 1 is 1.22 bits per heavy atom. The van der Waals surface area contributed by atoms with Crippen LogP contribution < -0.4 is 5.32 Å². The molecule has 6 heteroatoms. The van der Waals surface area contributed by atoms with Gasteiger partial charge >= 0.3 is 0 Å². The van der Waals surface area contributed by atoms with Gasteiger partial charge in [0.15, 0.2) is 5.65 Å². The largest absolute Gasteiger partial charge is 0.306 e. The second-order valence-corrected chi connectivity index (χ2v) is 5.21. The molecule has 0 aromatic carbocycles. The topological polar surface area (TPSA) is 72.7 Å². The zero-order valence-electron chi connectivity index (χ0n) is 10.4. The summed E-state index contributed by atoms with van der Waals surface area (Å²) in [4.78, 5) is 19.9. The molecule has 18 heavy (non-hydrogen) atoms. The first-order valence-electron chi connectivity index (χ1n) is 5.70. The maximum absolute atomic E-state index is 11.5. The number of amides is 1. The van der Waals surface area contributed by atoms with Crippen LogP contribution in [-0.4, -0.2) is 25.7 Å². The summed E-state index contributed by atoms with van der Waals surface area (Å²) in [6.45, 7) is 6.16. The maximum atomic E-state index is 11.5. The van der Waals surface area contributed by atoms with Crippen molar-refractivity contribution in [2.75, 3.05) is 5.32 Å². The fraction of sp³-hybridized carbons (Fsp3) is 0.333. The highest BCUT2D eigenvalue weighted by Crippen LogP contribution is 2.29. The first-order chi connectivity index (χ1) is 8.47. The fourth-order valence-electron chi connectivity index (χ4n) is 1.97. The minimum Gasteiger partial charge on any atom is -0.306 e. The molecule has 6 nitrogen and oxygen atoms in total. The molecule has 2 aromatic heterocycles. The maximum Gasteiger partial charge on any atom is 0.249 e. The first-order valence-corrected chi connectivity index (χ1v) is 5.70. The molecule has 0 bridgehead atoms. The summed E-state index contributed by atoms with van der Waals surface area (Å²) in [5.74, 6) is 0.316. The van der Waals surface area contributed by atoms with Gasteiger partial charge in [0.05, 0.1) is 16.6 Å². The van der Waals surface area contributed by atoms with Crippen LogP contribution in [-0.2, 0) is 10.3 Å². The number of anilines is 1. The van der Waals surface area contributed by atoms with Crippen molar-refractivity contribution in [2.45, 2.75) is 26.3 Å². The van der Waals surface area contributed by atoms with Crippen molar-refractivity contribution in [2.24, 2.45) is 0 Å². The van der Waals surface area contributed by atoms with Crippen LogP contribution in [0.2, 0.25) is 0 Å². The number of hydrogen-bond donors (Lipinski definition) is 1. The van der Waals surface area contributed by atoms with Gasteiger partial charge in [-0.25, -0.2) is 14.6 Å². The first kappa shape index (κ1) is 10.9. The van der Waals surface area contributed by atoms with Crippen molar-refractivity contribution in [3.05, 3.63) is 18.1 Å². The molecule has 0 aliphatic carbocycles. The summed E-state index contributed by atoms with van der Waals surface area (Å²) in [6, 6.07) is 0. The molecule has 0 saturated heterocycles. The number of carbonyl (C=O) groups is 1. The smallest absolute Gasteiger partial charge is 0.249 e. The number of carbonyl (C=O) groups excluding carboxylic acids is 1. The standard InChI is InChI=1S/C12H13N5O/c1-12(2,3)17-11-9-7(16-17)4-5-8(18)15-10(9)13-6-14-11/h4-6H,1-3H3,(H,13,14,15,18). The molecule has 92 valence electrons. The van der Waals surface area contributed by atoms with E-state index in [2.05, 4.69) is 41.2 Å². The average Bonchev–Trinajstić information content (AvgIpc) is 2.57. The molecule has 1 N–H and O–H groups in total. The molecule has 0 fully saturated rings. The van der Waals surface area contributed by atoms with Crippen LogP contribution in [0.4, 0.5) is 5.82 Å². The highest BCUT2D eigenvalue weighted by molar-refractivity contribution is 6.10. The number of rotatable bonds is 0. The Labute approximate surface area is 104 Å². The van der Waals surface area contributed by atoms with E-state index in [1.54, 1.807) is 6.08 Å². The minimum atomic E-state index is -0.199. The Kier molecular flexibility index (Phi) is 2.04. The van der Waals surface area contributed by atoms with E-state index in [9.17, 15) is 4.79 Å². The quantitative estimate of drug-likeness (QED) is 0.761. The van der Waals surface area contributed by atoms with Crippen molar-refractivity contribution in [1.82, 2.24) is 19.7 Å². The van der Waals surface area contributed by atoms with Crippen molar-refractivity contribution in [3.63, 3.8) is 0 Å². The predicted molar refractivity (Wildman–Crippen MR) is 68.0 cm³/mol. The Morgan fingerprint density at radius 3 is 2.72 bits per heavy atom. The summed E-state index contributed by atoms with van der Waals surface area (Å²) in [7, 11) is 0. The van der Waals surface area contributed by atoms with E-state index >= 15 is 0 Å². The highest BCUT2D eigenvalue weighted by atomic mass is 16.1. The molecule has 3 rings (SSSR count). The van der Waals surface area contributed by atoms with E-state index in [1.807, 2.05) is 4.68 Å². The second kappa shape index (κ2) is 3.38. The van der Waals surface area contributed by atoms with Crippen LogP contribution in [0.15, 0.2) is 12.4 Å². The van der Waals surface area contributed by atoms with Gasteiger partial charge in [-0.2, -0.15) is 5.10 Å². The van der Waals surface area contributed by atoms with E-state index in [0.29, 0.717) is 11.5 Å². The molecule has 1 aliphatic heterocycles. The molecular formula is C12H13N5O. The van der Waals surface area contributed by atoms with Crippen molar-refractivity contribution >= 4 is 28.8 Å². The summed E-state index contributed by atoms with van der Waals surface area (Å²) in [5.41, 5.74) is 1.27. The molecule has 3 heterocycles. The third-order valence-corrected chi connectivity index (χ3v) is 2.76. The highest BCUT2D eigenvalue weighted by Gasteiger charge is 2.24. The van der Waals surface area contributed by atoms with Crippen LogP contribution in [0.25, 0.3) is 17.1 Å². The number of aromatic nitrogens is 4. The Hall–Kier alpha value is -2.24. The molecular weight excluding hydrogens is 230 g/mol. The number of hydrogen-bond acceptors (Lipinski definition) is 4. The number of nitrogens with zero attached hydrogens (tertiary/aromatic N) is 4. The van der Waals surface area contributed by atoms with Gasteiger partial charge in [0, 0.05) is 6.08 Å². The summed E-state index contributed by atoms with van der Waals surface area (Å²) in [5, 5.41) is 8.03. The monoisotopic (exact) mass is 243 g/mol. The molecule has 0 saturated carbocycles. The molecule has 0 spiro atoms. The Bertz CT molecular complexity index is 678. The Morgan fingerprint density at radius 2 is 2.00 bits per heavy atom. The number of nitrogens with one attached hydrogen (secondary N) is 1. The lowest BCUT2D eigenvalue weighted by Crippen LogP contribution is -2.23. The third-order valence-electron chi connectivity index (χ3n) is 2.76. The van der Waals surface area contributed by atoms with Crippen LogP contribution in [0.3, 0.4) is 0 Å². The third kappa shape index (κ3) is 1.49. The van der Waals surface area contributed by atoms with Gasteiger partial charge in [-0.1, -0.05) is 0 Å².